The van der Waals surface area contributed by atoms with Crippen LogP contribution in [0.2, 0.25) is 0 Å². The summed E-state index contributed by atoms with van der Waals surface area (Å²) in [5.74, 6) is -0.546. The molecule has 34 heavy (non-hydrogen) atoms. The lowest BCUT2D eigenvalue weighted by Crippen LogP contribution is -2.48. The quantitative estimate of drug-likeness (QED) is 0.445. The second-order valence-electron chi connectivity index (χ2n) is 7.82. The van der Waals surface area contributed by atoms with Gasteiger partial charge in [-0.05, 0) is 35.2 Å². The molecular formula is C25H25F3N4O2. The Labute approximate surface area is 195 Å². The zero-order valence-corrected chi connectivity index (χ0v) is 18.3. The summed E-state index contributed by atoms with van der Waals surface area (Å²) in [5, 5.41) is 5.38. The van der Waals surface area contributed by atoms with Crippen molar-refractivity contribution >= 4 is 17.6 Å². The number of carbonyl (C=O) groups is 2. The number of anilines is 1. The molecule has 3 rings (SSSR count). The van der Waals surface area contributed by atoms with E-state index in [2.05, 4.69) is 15.6 Å². The van der Waals surface area contributed by atoms with Gasteiger partial charge in [0.15, 0.2) is 0 Å². The van der Waals surface area contributed by atoms with Crippen LogP contribution < -0.4 is 16.4 Å². The Bertz CT molecular complexity index is 1100. The molecule has 1 heterocycles. The van der Waals surface area contributed by atoms with Crippen LogP contribution in [-0.2, 0) is 35.2 Å². The molecule has 0 spiro atoms. The molecule has 3 aromatic rings. The summed E-state index contributed by atoms with van der Waals surface area (Å²) in [6.45, 7) is 0.130. The van der Waals surface area contributed by atoms with Crippen molar-refractivity contribution in [3.8, 4) is 0 Å². The molecule has 2 aromatic carbocycles. The summed E-state index contributed by atoms with van der Waals surface area (Å²) in [6.07, 6.45) is -2.47. The van der Waals surface area contributed by atoms with E-state index in [1.807, 2.05) is 30.3 Å². The van der Waals surface area contributed by atoms with Crippen molar-refractivity contribution in [3.63, 3.8) is 0 Å². The van der Waals surface area contributed by atoms with E-state index in [0.717, 1.165) is 17.7 Å². The maximum absolute atomic E-state index is 13.1. The SMILES string of the molecule is Nc1ccc(CNC(=O)[C@H](Cc2cccc(C(F)(F)F)c2)NC(=O)CCc2ccccc2)cn1. The first-order valence-corrected chi connectivity index (χ1v) is 10.7. The van der Waals surface area contributed by atoms with Crippen LogP contribution in [0.5, 0.6) is 0 Å². The van der Waals surface area contributed by atoms with Crippen LogP contribution in [0.1, 0.15) is 28.7 Å². The number of hydrogen-bond donors (Lipinski definition) is 3. The lowest BCUT2D eigenvalue weighted by molar-refractivity contribution is -0.137. The number of aromatic nitrogens is 1. The number of nitrogens with two attached hydrogens (primary N) is 1. The highest BCUT2D eigenvalue weighted by atomic mass is 19.4. The van der Waals surface area contributed by atoms with Gasteiger partial charge >= 0.3 is 6.18 Å². The first kappa shape index (κ1) is 24.8. The molecule has 0 aliphatic rings. The first-order valence-electron chi connectivity index (χ1n) is 10.7. The number of pyridine rings is 1. The number of halogens is 3. The van der Waals surface area contributed by atoms with E-state index in [-0.39, 0.29) is 30.9 Å². The Hall–Kier alpha value is -3.88. The molecule has 0 unspecified atom stereocenters. The van der Waals surface area contributed by atoms with E-state index in [4.69, 9.17) is 5.73 Å². The zero-order chi connectivity index (χ0) is 24.6. The van der Waals surface area contributed by atoms with Crippen molar-refractivity contribution in [2.45, 2.75) is 38.0 Å². The average Bonchev–Trinajstić information content (AvgIpc) is 2.82. The predicted molar refractivity (Wildman–Crippen MR) is 122 cm³/mol. The monoisotopic (exact) mass is 470 g/mol. The number of benzene rings is 2. The van der Waals surface area contributed by atoms with Gasteiger partial charge in [-0.1, -0.05) is 54.6 Å². The van der Waals surface area contributed by atoms with E-state index >= 15 is 0 Å². The number of aryl methyl sites for hydroxylation is 1. The van der Waals surface area contributed by atoms with Crippen LogP contribution in [0, 0.1) is 0 Å². The van der Waals surface area contributed by atoms with Crippen molar-refractivity contribution in [1.82, 2.24) is 15.6 Å². The smallest absolute Gasteiger partial charge is 0.384 e. The van der Waals surface area contributed by atoms with E-state index < -0.39 is 23.7 Å². The van der Waals surface area contributed by atoms with E-state index in [1.54, 1.807) is 12.1 Å². The van der Waals surface area contributed by atoms with Crippen LogP contribution in [0.4, 0.5) is 19.0 Å². The van der Waals surface area contributed by atoms with Gasteiger partial charge in [0.05, 0.1) is 5.56 Å². The lowest BCUT2D eigenvalue weighted by Gasteiger charge is -2.19. The Kier molecular flexibility index (Phi) is 8.24. The molecule has 0 aliphatic heterocycles. The van der Waals surface area contributed by atoms with Gasteiger partial charge in [-0.15, -0.1) is 0 Å². The maximum Gasteiger partial charge on any atom is 0.416 e. The van der Waals surface area contributed by atoms with Crippen LogP contribution >= 0.6 is 0 Å². The molecule has 0 bridgehead atoms. The molecule has 0 saturated heterocycles. The summed E-state index contributed by atoms with van der Waals surface area (Å²) in [7, 11) is 0. The van der Waals surface area contributed by atoms with E-state index in [0.29, 0.717) is 17.8 Å². The summed E-state index contributed by atoms with van der Waals surface area (Å²) >= 11 is 0. The molecule has 1 aromatic heterocycles. The second kappa shape index (κ2) is 11.3. The Morgan fingerprint density at radius 3 is 2.35 bits per heavy atom. The standard InChI is InChI=1S/C25H25F3N4O2/c26-25(27,28)20-8-4-7-18(13-20)14-21(24(34)31-16-19-9-11-22(29)30-15-19)32-23(33)12-10-17-5-2-1-3-6-17/h1-9,11,13,15,21H,10,12,14,16H2,(H2,29,30)(H,31,34)(H,32,33)/t21-/m0/s1. The molecule has 2 amide bonds. The predicted octanol–water partition coefficient (Wildman–Crippen LogP) is 3.66. The second-order valence-corrected chi connectivity index (χ2v) is 7.82. The normalized spacial score (nSPS) is 12.1. The van der Waals surface area contributed by atoms with Gasteiger partial charge in [0.2, 0.25) is 11.8 Å². The number of amides is 2. The van der Waals surface area contributed by atoms with Gasteiger partial charge in [-0.3, -0.25) is 9.59 Å². The molecule has 9 heteroatoms. The highest BCUT2D eigenvalue weighted by molar-refractivity contribution is 5.88. The van der Waals surface area contributed by atoms with Crippen molar-refractivity contribution in [3.05, 3.63) is 95.2 Å². The largest absolute Gasteiger partial charge is 0.416 e. The van der Waals surface area contributed by atoms with Crippen LogP contribution in [-0.4, -0.2) is 22.8 Å². The third-order valence-corrected chi connectivity index (χ3v) is 5.14. The van der Waals surface area contributed by atoms with Gasteiger partial charge in [0.25, 0.3) is 0 Å². The molecular weight excluding hydrogens is 445 g/mol. The molecule has 0 radical (unpaired) electrons. The Balaban J connectivity index is 1.69. The van der Waals surface area contributed by atoms with Gasteiger partial charge in [0.1, 0.15) is 11.9 Å². The topological polar surface area (TPSA) is 97.1 Å². The highest BCUT2D eigenvalue weighted by Gasteiger charge is 2.31. The summed E-state index contributed by atoms with van der Waals surface area (Å²) in [6, 6.07) is 16.3. The Morgan fingerprint density at radius 1 is 0.941 bits per heavy atom. The Morgan fingerprint density at radius 2 is 1.68 bits per heavy atom. The number of hydrogen-bond acceptors (Lipinski definition) is 4. The van der Waals surface area contributed by atoms with Gasteiger partial charge in [0, 0.05) is 25.6 Å². The van der Waals surface area contributed by atoms with Crippen LogP contribution in [0.15, 0.2) is 72.9 Å². The minimum absolute atomic E-state index is 0.0905. The molecule has 0 saturated carbocycles. The summed E-state index contributed by atoms with van der Waals surface area (Å²) < 4.78 is 39.3. The summed E-state index contributed by atoms with van der Waals surface area (Å²) in [4.78, 5) is 29.4. The van der Waals surface area contributed by atoms with Gasteiger partial charge in [-0.25, -0.2) is 4.98 Å². The highest BCUT2D eigenvalue weighted by Crippen LogP contribution is 2.29. The number of alkyl halides is 3. The first-order chi connectivity index (χ1) is 16.2. The van der Waals surface area contributed by atoms with Gasteiger partial charge in [-0.2, -0.15) is 13.2 Å². The fourth-order valence-corrected chi connectivity index (χ4v) is 3.34. The molecule has 6 nitrogen and oxygen atoms in total. The number of nitrogens with zero attached hydrogens (tertiary/aromatic N) is 1. The molecule has 0 fully saturated rings. The number of rotatable bonds is 9. The molecule has 4 N–H and O–H groups in total. The zero-order valence-electron chi connectivity index (χ0n) is 18.3. The lowest BCUT2D eigenvalue weighted by atomic mass is 10.0. The van der Waals surface area contributed by atoms with Crippen molar-refractivity contribution in [2.75, 3.05) is 5.73 Å². The number of nitrogen functional groups attached to an aromatic ring is 1. The third-order valence-electron chi connectivity index (χ3n) is 5.14. The number of nitrogens with one attached hydrogen (secondary N) is 2. The molecule has 178 valence electrons. The van der Waals surface area contributed by atoms with Crippen LogP contribution in [0.3, 0.4) is 0 Å². The molecule has 0 aliphatic carbocycles. The maximum atomic E-state index is 13.1. The van der Waals surface area contributed by atoms with Crippen molar-refractivity contribution in [2.24, 2.45) is 0 Å². The summed E-state index contributed by atoms with van der Waals surface area (Å²) in [5.41, 5.74) is 6.69. The molecule has 1 atom stereocenters. The van der Waals surface area contributed by atoms with Crippen LogP contribution in [0.25, 0.3) is 0 Å². The van der Waals surface area contributed by atoms with E-state index in [1.165, 1.54) is 18.3 Å². The fourth-order valence-electron chi connectivity index (χ4n) is 3.34. The third kappa shape index (κ3) is 7.61. The minimum atomic E-state index is -4.51. The minimum Gasteiger partial charge on any atom is -0.384 e. The van der Waals surface area contributed by atoms with E-state index in [9.17, 15) is 22.8 Å². The fraction of sp³-hybridized carbons (Fsp3) is 0.240. The average molecular weight is 470 g/mol. The van der Waals surface area contributed by atoms with Gasteiger partial charge < -0.3 is 16.4 Å². The number of carbonyl (C=O) groups excluding carboxylic acids is 2. The van der Waals surface area contributed by atoms with Crippen molar-refractivity contribution in [1.29, 1.82) is 0 Å². The van der Waals surface area contributed by atoms with Crippen molar-refractivity contribution < 1.29 is 22.8 Å².